The smallest absolute Gasteiger partial charge is 0.0947 e. The molecule has 10 heavy (non-hydrogen) atoms. The molecule has 1 nitrogen and oxygen atoms in total. The summed E-state index contributed by atoms with van der Waals surface area (Å²) >= 11 is 0. The Hall–Kier alpha value is 0.394. The molecule has 62 valence electrons. The minimum atomic E-state index is 0.108. The SMILES string of the molecule is CCN([SiH2]C(C)[SiH3])C(C)C. The van der Waals surface area contributed by atoms with Crippen LogP contribution in [0, 0.1) is 0 Å². The standard InChI is InChI=1S/C7H21NSi2/c1-5-8(6(2)3)10-7(4)9/h6-7H,5,10H2,1-4,9H3. The van der Waals surface area contributed by atoms with E-state index in [9.17, 15) is 0 Å². The van der Waals surface area contributed by atoms with Crippen LogP contribution in [0.15, 0.2) is 0 Å². The molecule has 0 saturated heterocycles. The summed E-state index contributed by atoms with van der Waals surface area (Å²) in [6, 6.07) is 0.785. The second-order valence-electron chi connectivity index (χ2n) is 3.58. The van der Waals surface area contributed by atoms with E-state index < -0.39 is 0 Å². The molecule has 0 aliphatic rings. The molecule has 0 aromatic carbocycles. The molecule has 0 aliphatic heterocycles. The van der Waals surface area contributed by atoms with Crippen molar-refractivity contribution in [1.29, 1.82) is 0 Å². The van der Waals surface area contributed by atoms with Crippen molar-refractivity contribution in [2.75, 3.05) is 6.54 Å². The monoisotopic (exact) mass is 175 g/mol. The van der Waals surface area contributed by atoms with Crippen molar-refractivity contribution in [3.8, 4) is 0 Å². The van der Waals surface area contributed by atoms with Gasteiger partial charge in [-0.1, -0.05) is 32.9 Å². The Bertz CT molecular complexity index is 83.7. The molecule has 0 spiro atoms. The zero-order valence-corrected chi connectivity index (χ0v) is 11.4. The maximum Gasteiger partial charge on any atom is 0.0947 e. The van der Waals surface area contributed by atoms with Gasteiger partial charge >= 0.3 is 0 Å². The van der Waals surface area contributed by atoms with E-state index in [2.05, 4.69) is 32.3 Å². The molecule has 0 bridgehead atoms. The van der Waals surface area contributed by atoms with Crippen molar-refractivity contribution < 1.29 is 0 Å². The summed E-state index contributed by atoms with van der Waals surface area (Å²) in [7, 11) is 1.49. The lowest BCUT2D eigenvalue weighted by atomic mass is 10.4. The Morgan fingerprint density at radius 2 is 1.90 bits per heavy atom. The fraction of sp³-hybridized carbons (Fsp3) is 1.00. The molecule has 1 atom stereocenters. The molecular formula is C7H21NSi2. The average molecular weight is 175 g/mol. The van der Waals surface area contributed by atoms with Crippen LogP contribution < -0.4 is 0 Å². The fourth-order valence-corrected chi connectivity index (χ4v) is 4.20. The van der Waals surface area contributed by atoms with Crippen molar-refractivity contribution in [2.24, 2.45) is 0 Å². The maximum absolute atomic E-state index is 2.66. The van der Waals surface area contributed by atoms with Crippen LogP contribution in [0.2, 0.25) is 5.16 Å². The summed E-state index contributed by atoms with van der Waals surface area (Å²) in [5.74, 6) is 0. The van der Waals surface area contributed by atoms with Crippen LogP contribution in [0.25, 0.3) is 0 Å². The molecule has 0 aromatic heterocycles. The van der Waals surface area contributed by atoms with Gasteiger partial charge in [0.15, 0.2) is 0 Å². The lowest BCUT2D eigenvalue weighted by Gasteiger charge is -2.26. The first-order valence-electron chi connectivity index (χ1n) is 4.32. The summed E-state index contributed by atoms with van der Waals surface area (Å²) in [6.07, 6.45) is 0. The molecule has 1 unspecified atom stereocenters. The highest BCUT2D eigenvalue weighted by Gasteiger charge is 2.08. The third-order valence-electron chi connectivity index (χ3n) is 1.74. The number of hydrogen-bond acceptors (Lipinski definition) is 1. The van der Waals surface area contributed by atoms with Gasteiger partial charge in [0.05, 0.1) is 9.68 Å². The predicted molar refractivity (Wildman–Crippen MR) is 55.4 cm³/mol. The van der Waals surface area contributed by atoms with E-state index in [1.807, 2.05) is 0 Å². The summed E-state index contributed by atoms with van der Waals surface area (Å²) in [6.45, 7) is 10.5. The largest absolute Gasteiger partial charge is 0.327 e. The summed E-state index contributed by atoms with van der Waals surface area (Å²) in [4.78, 5) is 0. The van der Waals surface area contributed by atoms with Crippen molar-refractivity contribution >= 4 is 19.9 Å². The summed E-state index contributed by atoms with van der Waals surface area (Å²) in [5.41, 5.74) is 0. The third kappa shape index (κ3) is 4.25. The first kappa shape index (κ1) is 10.4. The van der Waals surface area contributed by atoms with Crippen molar-refractivity contribution in [1.82, 2.24) is 4.57 Å². The zero-order chi connectivity index (χ0) is 8.15. The van der Waals surface area contributed by atoms with Gasteiger partial charge in [-0.3, -0.25) is 0 Å². The Kier molecular flexibility index (Phi) is 5.30. The Balaban J connectivity index is 3.60. The third-order valence-corrected chi connectivity index (χ3v) is 5.21. The first-order valence-corrected chi connectivity index (χ1v) is 6.92. The summed E-state index contributed by atoms with van der Waals surface area (Å²) in [5, 5.41) is 1.07. The summed E-state index contributed by atoms with van der Waals surface area (Å²) < 4.78 is 2.66. The average Bonchev–Trinajstić information content (AvgIpc) is 1.81. The quantitative estimate of drug-likeness (QED) is 0.541. The van der Waals surface area contributed by atoms with Gasteiger partial charge in [-0.15, -0.1) is 0 Å². The van der Waals surface area contributed by atoms with Crippen molar-refractivity contribution in [3.05, 3.63) is 0 Å². The highest BCUT2D eigenvalue weighted by Crippen LogP contribution is 2.01. The van der Waals surface area contributed by atoms with Crippen molar-refractivity contribution in [3.63, 3.8) is 0 Å². The van der Waals surface area contributed by atoms with Gasteiger partial charge in [0.25, 0.3) is 0 Å². The van der Waals surface area contributed by atoms with E-state index >= 15 is 0 Å². The van der Waals surface area contributed by atoms with Crippen LogP contribution in [0.1, 0.15) is 27.7 Å². The van der Waals surface area contributed by atoms with Crippen molar-refractivity contribution in [2.45, 2.75) is 38.9 Å². The zero-order valence-electron chi connectivity index (χ0n) is 8.02. The second kappa shape index (κ2) is 5.10. The van der Waals surface area contributed by atoms with Gasteiger partial charge in [0, 0.05) is 10.2 Å². The van der Waals surface area contributed by atoms with Gasteiger partial charge in [0.2, 0.25) is 0 Å². The fourth-order valence-electron chi connectivity index (χ4n) is 1.17. The number of hydrogen-bond donors (Lipinski definition) is 0. The van der Waals surface area contributed by atoms with Crippen LogP contribution >= 0.6 is 0 Å². The minimum absolute atomic E-state index is 0.108. The van der Waals surface area contributed by atoms with Crippen LogP contribution in [-0.4, -0.2) is 37.1 Å². The minimum Gasteiger partial charge on any atom is -0.327 e. The molecule has 3 heteroatoms. The Morgan fingerprint density at radius 1 is 1.40 bits per heavy atom. The predicted octanol–water partition coefficient (Wildman–Crippen LogP) is -0.0682. The van der Waals surface area contributed by atoms with Gasteiger partial charge in [-0.05, 0) is 12.6 Å². The molecule has 0 aromatic rings. The Labute approximate surface area is 70.5 Å². The second-order valence-corrected chi connectivity index (χ2v) is 9.99. The topological polar surface area (TPSA) is 3.24 Å². The molecule has 0 N–H and O–H groups in total. The van der Waals surface area contributed by atoms with Gasteiger partial charge < -0.3 is 4.57 Å². The highest BCUT2D eigenvalue weighted by atomic mass is 28.3. The molecule has 0 saturated carbocycles. The number of rotatable bonds is 4. The molecule has 0 rings (SSSR count). The van der Waals surface area contributed by atoms with Crippen LogP contribution in [0.5, 0.6) is 0 Å². The van der Waals surface area contributed by atoms with Gasteiger partial charge in [-0.25, -0.2) is 0 Å². The van der Waals surface area contributed by atoms with Crippen LogP contribution in [0.4, 0.5) is 0 Å². The van der Waals surface area contributed by atoms with Crippen LogP contribution in [-0.2, 0) is 0 Å². The molecule has 0 heterocycles. The van der Waals surface area contributed by atoms with Gasteiger partial charge in [-0.2, -0.15) is 0 Å². The van der Waals surface area contributed by atoms with E-state index in [0.29, 0.717) is 0 Å². The molecule has 0 fully saturated rings. The van der Waals surface area contributed by atoms with E-state index in [4.69, 9.17) is 0 Å². The Morgan fingerprint density at radius 3 is 2.00 bits per heavy atom. The number of nitrogens with zero attached hydrogens (tertiary/aromatic N) is 1. The van der Waals surface area contributed by atoms with Crippen LogP contribution in [0.3, 0.4) is 0 Å². The van der Waals surface area contributed by atoms with E-state index in [-0.39, 0.29) is 9.68 Å². The molecule has 0 amide bonds. The molecule has 0 aliphatic carbocycles. The first-order chi connectivity index (χ1) is 4.57. The lowest BCUT2D eigenvalue weighted by Crippen LogP contribution is -2.36. The van der Waals surface area contributed by atoms with E-state index in [0.717, 1.165) is 11.2 Å². The normalized spacial score (nSPS) is 16.2. The molecular weight excluding hydrogens is 154 g/mol. The lowest BCUT2D eigenvalue weighted by molar-refractivity contribution is 0.388. The molecule has 0 radical (unpaired) electrons. The van der Waals surface area contributed by atoms with Gasteiger partial charge in [0.1, 0.15) is 0 Å². The van der Waals surface area contributed by atoms with E-state index in [1.165, 1.54) is 16.8 Å². The maximum atomic E-state index is 2.66. The highest BCUT2D eigenvalue weighted by molar-refractivity contribution is 6.47. The van der Waals surface area contributed by atoms with E-state index in [1.54, 1.807) is 0 Å².